The van der Waals surface area contributed by atoms with Crippen molar-refractivity contribution in [3.05, 3.63) is 0 Å². The quantitative estimate of drug-likeness (QED) is 0.350. The van der Waals surface area contributed by atoms with Gasteiger partial charge in [0, 0.05) is 6.04 Å². The van der Waals surface area contributed by atoms with Crippen LogP contribution < -0.4 is 23.4 Å². The highest BCUT2D eigenvalue weighted by molar-refractivity contribution is 4.91. The number of rotatable bonds is 0. The van der Waals surface area contributed by atoms with Crippen molar-refractivity contribution in [3.63, 3.8) is 0 Å². The minimum absolute atomic E-state index is 0. The SMILES string of the molecule is N.NC1CCCCC1(N)N. The third-order valence-electron chi connectivity index (χ3n) is 2.07. The molecular weight excluding hydrogens is 128 g/mol. The molecule has 0 heterocycles. The first kappa shape index (κ1) is 9.84. The highest BCUT2D eigenvalue weighted by Gasteiger charge is 2.29. The van der Waals surface area contributed by atoms with Gasteiger partial charge >= 0.3 is 0 Å². The molecule has 0 amide bonds. The Kier molecular flexibility index (Phi) is 3.24. The lowest BCUT2D eigenvalue weighted by atomic mass is 9.86. The summed E-state index contributed by atoms with van der Waals surface area (Å²) in [5.41, 5.74) is 16.4. The highest BCUT2D eigenvalue weighted by Crippen LogP contribution is 2.19. The predicted octanol–water partition coefficient (Wildman–Crippen LogP) is -0.337. The van der Waals surface area contributed by atoms with Crippen molar-refractivity contribution in [1.29, 1.82) is 0 Å². The smallest absolute Gasteiger partial charge is 0.0792 e. The predicted molar refractivity (Wildman–Crippen MR) is 42.6 cm³/mol. The molecule has 62 valence electrons. The third-order valence-corrected chi connectivity index (χ3v) is 2.07. The average Bonchev–Trinajstić information content (AvgIpc) is 1.77. The Hall–Kier alpha value is -0.160. The summed E-state index contributed by atoms with van der Waals surface area (Å²) < 4.78 is 0. The molecule has 0 aliphatic heterocycles. The summed E-state index contributed by atoms with van der Waals surface area (Å²) in [5, 5.41) is 0. The fourth-order valence-electron chi connectivity index (χ4n) is 1.25. The topological polar surface area (TPSA) is 113 Å². The molecule has 10 heavy (non-hydrogen) atoms. The monoisotopic (exact) mass is 146 g/mol. The van der Waals surface area contributed by atoms with Crippen LogP contribution in [0.15, 0.2) is 0 Å². The van der Waals surface area contributed by atoms with Crippen molar-refractivity contribution >= 4 is 0 Å². The Balaban J connectivity index is 0.000000810. The van der Waals surface area contributed by atoms with Crippen LogP contribution in [0.5, 0.6) is 0 Å². The van der Waals surface area contributed by atoms with Gasteiger partial charge in [-0.05, 0) is 12.8 Å². The standard InChI is InChI=1S/C6H15N3.H3N/c7-5-3-1-2-4-6(5,8)9;/h5H,1-4,7-9H2;1H3. The van der Waals surface area contributed by atoms with Gasteiger partial charge in [0.25, 0.3) is 0 Å². The Bertz CT molecular complexity index is 102. The zero-order chi connectivity index (χ0) is 6.91. The lowest BCUT2D eigenvalue weighted by molar-refractivity contribution is 0.261. The van der Waals surface area contributed by atoms with Gasteiger partial charge in [-0.25, -0.2) is 0 Å². The number of hydrogen-bond donors (Lipinski definition) is 4. The Labute approximate surface area is 61.7 Å². The van der Waals surface area contributed by atoms with Crippen LogP contribution in [0.4, 0.5) is 0 Å². The zero-order valence-corrected chi connectivity index (χ0v) is 6.34. The van der Waals surface area contributed by atoms with Crippen LogP contribution in [-0.4, -0.2) is 11.7 Å². The van der Waals surface area contributed by atoms with Crippen molar-refractivity contribution < 1.29 is 0 Å². The number of nitrogens with two attached hydrogens (primary N) is 3. The van der Waals surface area contributed by atoms with Crippen molar-refractivity contribution in [2.45, 2.75) is 37.4 Å². The maximum atomic E-state index is 5.67. The van der Waals surface area contributed by atoms with E-state index in [4.69, 9.17) is 17.2 Å². The molecule has 0 aromatic heterocycles. The van der Waals surface area contributed by atoms with E-state index in [2.05, 4.69) is 0 Å². The molecule has 0 aromatic rings. The second kappa shape index (κ2) is 3.30. The van der Waals surface area contributed by atoms with Crippen LogP contribution >= 0.6 is 0 Å². The fraction of sp³-hybridized carbons (Fsp3) is 1.00. The first-order chi connectivity index (χ1) is 4.13. The van der Waals surface area contributed by atoms with E-state index in [1.54, 1.807) is 0 Å². The second-order valence-electron chi connectivity index (χ2n) is 2.96. The van der Waals surface area contributed by atoms with Gasteiger partial charge in [0.2, 0.25) is 0 Å². The van der Waals surface area contributed by atoms with Crippen molar-refractivity contribution in [2.75, 3.05) is 0 Å². The normalized spacial score (nSPS) is 30.9. The molecule has 4 heteroatoms. The van der Waals surface area contributed by atoms with E-state index in [1.165, 1.54) is 6.42 Å². The van der Waals surface area contributed by atoms with Gasteiger partial charge in [0.15, 0.2) is 0 Å². The third kappa shape index (κ3) is 1.91. The summed E-state index contributed by atoms with van der Waals surface area (Å²) in [4.78, 5) is 0. The minimum Gasteiger partial charge on any atom is -0.344 e. The Morgan fingerprint density at radius 3 is 2.10 bits per heavy atom. The van der Waals surface area contributed by atoms with E-state index in [0.29, 0.717) is 0 Å². The van der Waals surface area contributed by atoms with E-state index < -0.39 is 5.66 Å². The summed E-state index contributed by atoms with van der Waals surface area (Å²) in [6.07, 6.45) is 4.15. The molecule has 1 fully saturated rings. The van der Waals surface area contributed by atoms with Gasteiger partial charge in [-0.3, -0.25) is 0 Å². The minimum atomic E-state index is -0.585. The van der Waals surface area contributed by atoms with Crippen molar-refractivity contribution in [2.24, 2.45) is 17.2 Å². The molecule has 1 aliphatic carbocycles. The molecule has 0 radical (unpaired) electrons. The maximum absolute atomic E-state index is 5.67. The molecule has 1 saturated carbocycles. The summed E-state index contributed by atoms with van der Waals surface area (Å²) in [7, 11) is 0. The molecule has 4 nitrogen and oxygen atoms in total. The van der Waals surface area contributed by atoms with Gasteiger partial charge < -0.3 is 23.4 Å². The van der Waals surface area contributed by atoms with Crippen LogP contribution in [-0.2, 0) is 0 Å². The Morgan fingerprint density at radius 2 is 1.80 bits per heavy atom. The molecule has 0 spiro atoms. The first-order valence-electron chi connectivity index (χ1n) is 3.46. The summed E-state index contributed by atoms with van der Waals surface area (Å²) in [6, 6.07) is 0.00579. The molecule has 9 N–H and O–H groups in total. The fourth-order valence-corrected chi connectivity index (χ4v) is 1.25. The molecular formula is C6H18N4. The van der Waals surface area contributed by atoms with Gasteiger partial charge in [-0.15, -0.1) is 0 Å². The Morgan fingerprint density at radius 1 is 1.20 bits per heavy atom. The zero-order valence-electron chi connectivity index (χ0n) is 6.34. The second-order valence-corrected chi connectivity index (χ2v) is 2.96. The lowest BCUT2D eigenvalue weighted by Crippen LogP contribution is -2.63. The largest absolute Gasteiger partial charge is 0.344 e. The summed E-state index contributed by atoms with van der Waals surface area (Å²) in [5.74, 6) is 0. The van der Waals surface area contributed by atoms with Crippen LogP contribution in [0, 0.1) is 0 Å². The average molecular weight is 146 g/mol. The van der Waals surface area contributed by atoms with E-state index in [0.717, 1.165) is 19.3 Å². The van der Waals surface area contributed by atoms with Crippen molar-refractivity contribution in [1.82, 2.24) is 6.15 Å². The molecule has 1 atom stereocenters. The molecule has 0 saturated heterocycles. The van der Waals surface area contributed by atoms with E-state index in [9.17, 15) is 0 Å². The lowest BCUT2D eigenvalue weighted by Gasteiger charge is -2.35. The van der Waals surface area contributed by atoms with Crippen LogP contribution in [0.2, 0.25) is 0 Å². The van der Waals surface area contributed by atoms with E-state index >= 15 is 0 Å². The van der Waals surface area contributed by atoms with Gasteiger partial charge in [0.05, 0.1) is 5.66 Å². The molecule has 1 aliphatic rings. The van der Waals surface area contributed by atoms with Gasteiger partial charge in [-0.1, -0.05) is 12.8 Å². The van der Waals surface area contributed by atoms with E-state index in [1.807, 2.05) is 0 Å². The van der Waals surface area contributed by atoms with Crippen LogP contribution in [0.25, 0.3) is 0 Å². The van der Waals surface area contributed by atoms with Crippen molar-refractivity contribution in [3.8, 4) is 0 Å². The number of hydrogen-bond acceptors (Lipinski definition) is 4. The van der Waals surface area contributed by atoms with Gasteiger partial charge in [-0.2, -0.15) is 0 Å². The van der Waals surface area contributed by atoms with E-state index in [-0.39, 0.29) is 12.2 Å². The molecule has 1 rings (SSSR count). The molecule has 0 aromatic carbocycles. The molecule has 1 unspecified atom stereocenters. The van der Waals surface area contributed by atoms with Crippen LogP contribution in [0.1, 0.15) is 25.7 Å². The first-order valence-corrected chi connectivity index (χ1v) is 3.46. The van der Waals surface area contributed by atoms with Gasteiger partial charge in [0.1, 0.15) is 0 Å². The summed E-state index contributed by atoms with van der Waals surface area (Å²) in [6.45, 7) is 0. The maximum Gasteiger partial charge on any atom is 0.0792 e. The molecule has 0 bridgehead atoms. The summed E-state index contributed by atoms with van der Waals surface area (Å²) >= 11 is 0. The highest BCUT2D eigenvalue weighted by atomic mass is 15.0. The van der Waals surface area contributed by atoms with Crippen LogP contribution in [0.3, 0.4) is 0 Å².